The zero-order valence-electron chi connectivity index (χ0n) is 16.1. The smallest absolute Gasteiger partial charge is 0.367 e. The maximum Gasteiger partial charge on any atom is 0.412 e. The Bertz CT molecular complexity index is 1000. The molecule has 1 saturated heterocycles. The molecule has 4 rings (SSSR count). The van der Waals surface area contributed by atoms with Gasteiger partial charge in [0.2, 0.25) is 5.91 Å². The molecule has 1 amide bonds. The number of anilines is 1. The molecule has 10 heteroatoms. The summed E-state index contributed by atoms with van der Waals surface area (Å²) in [6.07, 6.45) is 1.03. The normalized spacial score (nSPS) is 23.1. The van der Waals surface area contributed by atoms with Gasteiger partial charge < -0.3 is 16.0 Å². The van der Waals surface area contributed by atoms with Gasteiger partial charge in [-0.1, -0.05) is 0 Å². The lowest BCUT2D eigenvalue weighted by Crippen LogP contribution is -2.57. The number of piperidine rings is 1. The Balaban J connectivity index is 1.62. The average molecular weight is 418 g/mol. The highest BCUT2D eigenvalue weighted by atomic mass is 19.4. The summed E-state index contributed by atoms with van der Waals surface area (Å²) >= 11 is 0. The van der Waals surface area contributed by atoms with Crippen LogP contribution in [0.5, 0.6) is 0 Å². The monoisotopic (exact) mass is 418 g/mol. The average Bonchev–Trinajstić information content (AvgIpc) is 3.57. The third-order valence-electron chi connectivity index (χ3n) is 5.82. The number of benzene rings is 1. The van der Waals surface area contributed by atoms with Crippen LogP contribution in [0.3, 0.4) is 0 Å². The zero-order chi connectivity index (χ0) is 21.5. The summed E-state index contributed by atoms with van der Waals surface area (Å²) < 4.78 is 38.5. The maximum absolute atomic E-state index is 12.8. The molecule has 1 unspecified atom stereocenters. The van der Waals surface area contributed by atoms with Crippen molar-refractivity contribution < 1.29 is 18.0 Å². The van der Waals surface area contributed by atoms with E-state index in [1.54, 1.807) is 12.1 Å². The Hall–Kier alpha value is -2.93. The Morgan fingerprint density at radius 1 is 1.20 bits per heavy atom. The summed E-state index contributed by atoms with van der Waals surface area (Å²) in [5, 5.41) is 11.8. The molecule has 2 aliphatic rings. The highest BCUT2D eigenvalue weighted by molar-refractivity contribution is 5.92. The van der Waals surface area contributed by atoms with Crippen molar-refractivity contribution in [3.05, 3.63) is 30.1 Å². The molecule has 1 aromatic carbocycles. The first kappa shape index (κ1) is 20.3. The van der Waals surface area contributed by atoms with Crippen LogP contribution in [0.1, 0.15) is 24.8 Å². The largest absolute Gasteiger partial charge is 0.412 e. The van der Waals surface area contributed by atoms with Crippen LogP contribution in [0, 0.1) is 23.2 Å². The molecular formula is C20H21F3N6O. The standard InChI is InChI=1S/C20H21F3N6O/c21-20(22,23)18(25)19(30)28-14-7-13(11-1-2-11)9-29(10-14)15-4-3-12(8-24)16-17(15)27-6-5-26-16/h3-6,11,13-14,18H,1-2,7,9-10,25H2,(H,28,30)/t13-,14+,18?/m0/s1. The van der Waals surface area contributed by atoms with Crippen molar-refractivity contribution in [2.24, 2.45) is 17.6 Å². The van der Waals surface area contributed by atoms with Crippen LogP contribution < -0.4 is 16.0 Å². The Kier molecular flexibility index (Phi) is 5.24. The lowest BCUT2D eigenvalue weighted by Gasteiger charge is -2.40. The molecule has 2 fully saturated rings. The Labute approximate surface area is 171 Å². The molecule has 2 aromatic rings. The summed E-state index contributed by atoms with van der Waals surface area (Å²) in [6, 6.07) is 2.54. The number of carbonyl (C=O) groups excluding carboxylic acids is 1. The molecule has 0 radical (unpaired) electrons. The molecule has 1 aromatic heterocycles. The van der Waals surface area contributed by atoms with E-state index in [1.165, 1.54) is 12.4 Å². The minimum absolute atomic E-state index is 0.244. The number of amides is 1. The third kappa shape index (κ3) is 4.03. The second kappa shape index (κ2) is 7.72. The van der Waals surface area contributed by atoms with E-state index >= 15 is 0 Å². The van der Waals surface area contributed by atoms with Gasteiger partial charge in [0.25, 0.3) is 0 Å². The fourth-order valence-electron chi connectivity index (χ4n) is 4.18. The molecule has 2 heterocycles. The molecule has 3 atom stereocenters. The van der Waals surface area contributed by atoms with Crippen molar-refractivity contribution in [2.45, 2.75) is 37.5 Å². The summed E-state index contributed by atoms with van der Waals surface area (Å²) in [7, 11) is 0. The van der Waals surface area contributed by atoms with Gasteiger partial charge in [0.1, 0.15) is 17.1 Å². The molecule has 1 aliphatic carbocycles. The van der Waals surface area contributed by atoms with Crippen molar-refractivity contribution >= 4 is 22.6 Å². The number of nitrogens with two attached hydrogens (primary N) is 1. The topological polar surface area (TPSA) is 108 Å². The van der Waals surface area contributed by atoms with Gasteiger partial charge in [-0.15, -0.1) is 0 Å². The second-order valence-electron chi connectivity index (χ2n) is 7.96. The molecule has 7 nitrogen and oxygen atoms in total. The van der Waals surface area contributed by atoms with Gasteiger partial charge >= 0.3 is 6.18 Å². The number of hydrogen-bond donors (Lipinski definition) is 2. The fraction of sp³-hybridized carbons (Fsp3) is 0.500. The van der Waals surface area contributed by atoms with Crippen LogP contribution in [0.4, 0.5) is 18.9 Å². The lowest BCUT2D eigenvalue weighted by molar-refractivity contribution is -0.163. The minimum atomic E-state index is -4.78. The Morgan fingerprint density at radius 3 is 2.53 bits per heavy atom. The minimum Gasteiger partial charge on any atom is -0.367 e. The first-order valence-corrected chi connectivity index (χ1v) is 9.79. The van der Waals surface area contributed by atoms with Crippen molar-refractivity contribution in [2.75, 3.05) is 18.0 Å². The van der Waals surface area contributed by atoms with Crippen LogP contribution >= 0.6 is 0 Å². The lowest BCUT2D eigenvalue weighted by atomic mass is 9.89. The number of carbonyl (C=O) groups is 1. The number of hydrogen-bond acceptors (Lipinski definition) is 6. The fourth-order valence-corrected chi connectivity index (χ4v) is 4.18. The summed E-state index contributed by atoms with van der Waals surface area (Å²) in [6.45, 7) is 1.04. The van der Waals surface area contributed by atoms with E-state index in [0.717, 1.165) is 18.5 Å². The number of nitriles is 1. The summed E-state index contributed by atoms with van der Waals surface area (Å²) in [4.78, 5) is 22.7. The van der Waals surface area contributed by atoms with Crippen LogP contribution in [0.25, 0.3) is 11.0 Å². The molecule has 0 bridgehead atoms. The molecule has 1 saturated carbocycles. The number of aromatic nitrogens is 2. The molecule has 3 N–H and O–H groups in total. The number of rotatable bonds is 4. The zero-order valence-corrected chi connectivity index (χ0v) is 16.1. The van der Waals surface area contributed by atoms with E-state index in [9.17, 15) is 23.2 Å². The predicted molar refractivity (Wildman–Crippen MR) is 103 cm³/mol. The number of nitrogens with one attached hydrogen (secondary N) is 1. The van der Waals surface area contributed by atoms with E-state index in [1.807, 2.05) is 4.90 Å². The first-order chi connectivity index (χ1) is 14.3. The van der Waals surface area contributed by atoms with Gasteiger partial charge in [0.15, 0.2) is 6.04 Å². The van der Waals surface area contributed by atoms with Crippen LogP contribution in [0.2, 0.25) is 0 Å². The van der Waals surface area contributed by atoms with Crippen molar-refractivity contribution in [3.8, 4) is 6.07 Å². The highest BCUT2D eigenvalue weighted by Gasteiger charge is 2.44. The van der Waals surface area contributed by atoms with Crippen LogP contribution in [-0.4, -0.2) is 47.2 Å². The molecule has 30 heavy (non-hydrogen) atoms. The van der Waals surface area contributed by atoms with Gasteiger partial charge in [-0.25, -0.2) is 0 Å². The molecule has 158 valence electrons. The van der Waals surface area contributed by atoms with Gasteiger partial charge in [-0.2, -0.15) is 18.4 Å². The van der Waals surface area contributed by atoms with E-state index in [0.29, 0.717) is 42.0 Å². The maximum atomic E-state index is 12.8. The van der Waals surface area contributed by atoms with Crippen LogP contribution in [0.15, 0.2) is 24.5 Å². The second-order valence-corrected chi connectivity index (χ2v) is 7.96. The SMILES string of the molecule is N#Cc1ccc(N2C[C@H](NC(=O)C(N)C(F)(F)F)C[C@H](C3CC3)C2)c2nccnc12. The van der Waals surface area contributed by atoms with Gasteiger partial charge in [-0.05, 0) is 43.2 Å². The van der Waals surface area contributed by atoms with Crippen molar-refractivity contribution in [3.63, 3.8) is 0 Å². The van der Waals surface area contributed by atoms with E-state index in [-0.39, 0.29) is 5.92 Å². The third-order valence-corrected chi connectivity index (χ3v) is 5.82. The van der Waals surface area contributed by atoms with E-state index in [2.05, 4.69) is 21.4 Å². The van der Waals surface area contributed by atoms with E-state index in [4.69, 9.17) is 5.73 Å². The quantitative estimate of drug-likeness (QED) is 0.788. The first-order valence-electron chi connectivity index (χ1n) is 9.79. The van der Waals surface area contributed by atoms with Gasteiger partial charge in [-0.3, -0.25) is 14.8 Å². The van der Waals surface area contributed by atoms with Crippen molar-refractivity contribution in [1.82, 2.24) is 15.3 Å². The summed E-state index contributed by atoms with van der Waals surface area (Å²) in [5.41, 5.74) is 7.26. The molecular weight excluding hydrogens is 397 g/mol. The van der Waals surface area contributed by atoms with Crippen molar-refractivity contribution in [1.29, 1.82) is 5.26 Å². The van der Waals surface area contributed by atoms with Crippen LogP contribution in [-0.2, 0) is 4.79 Å². The predicted octanol–water partition coefficient (Wildman–Crippen LogP) is 2.11. The molecule has 1 aliphatic heterocycles. The number of halogens is 3. The van der Waals surface area contributed by atoms with E-state index < -0.39 is 24.2 Å². The van der Waals surface area contributed by atoms with Gasteiger partial charge in [0, 0.05) is 31.5 Å². The highest BCUT2D eigenvalue weighted by Crippen LogP contribution is 2.42. The number of alkyl halides is 3. The summed E-state index contributed by atoms with van der Waals surface area (Å²) in [5.74, 6) is -0.471. The van der Waals surface area contributed by atoms with Gasteiger partial charge in [0.05, 0.1) is 11.3 Å². The number of fused-ring (bicyclic) bond motifs is 1. The number of nitrogens with zero attached hydrogens (tertiary/aromatic N) is 4. The molecule has 0 spiro atoms. The Morgan fingerprint density at radius 2 is 1.90 bits per heavy atom.